The molecule has 1 N–H and O–H groups in total. The van der Waals surface area contributed by atoms with Gasteiger partial charge in [0.2, 0.25) is 0 Å². The molecule has 0 heterocycles. The standard InChI is InChI=1S/C15H12ClN3O2/c16-13-3-1-11(2-4-13)7-8-18-14-5-6-15(19(20)21)12(9-14)10-17/h1-6,9,18H,7-8H2. The molecule has 0 spiro atoms. The van der Waals surface area contributed by atoms with Crippen LogP contribution in [0.25, 0.3) is 0 Å². The molecule has 0 aliphatic rings. The fourth-order valence-electron chi connectivity index (χ4n) is 1.90. The molecule has 0 aliphatic carbocycles. The molecular formula is C15H12ClN3O2. The molecule has 0 amide bonds. The highest BCUT2D eigenvalue weighted by atomic mass is 35.5. The molecular weight excluding hydrogens is 290 g/mol. The minimum Gasteiger partial charge on any atom is -0.385 e. The molecule has 0 unspecified atom stereocenters. The molecule has 0 saturated heterocycles. The van der Waals surface area contributed by atoms with Crippen molar-refractivity contribution in [3.8, 4) is 6.07 Å². The number of nitrogens with one attached hydrogen (secondary N) is 1. The monoisotopic (exact) mass is 301 g/mol. The Hall–Kier alpha value is -2.58. The smallest absolute Gasteiger partial charge is 0.287 e. The molecule has 106 valence electrons. The zero-order valence-electron chi connectivity index (χ0n) is 11.0. The number of nitriles is 1. The van der Waals surface area contributed by atoms with Crippen molar-refractivity contribution in [2.24, 2.45) is 0 Å². The molecule has 0 radical (unpaired) electrons. The summed E-state index contributed by atoms with van der Waals surface area (Å²) < 4.78 is 0. The summed E-state index contributed by atoms with van der Waals surface area (Å²) in [5.74, 6) is 0. The van der Waals surface area contributed by atoms with Crippen LogP contribution in [0.2, 0.25) is 5.02 Å². The van der Waals surface area contributed by atoms with Gasteiger partial charge < -0.3 is 5.32 Å². The van der Waals surface area contributed by atoms with Crippen molar-refractivity contribution in [1.82, 2.24) is 0 Å². The third-order valence-corrected chi connectivity index (χ3v) is 3.22. The molecule has 0 fully saturated rings. The molecule has 21 heavy (non-hydrogen) atoms. The van der Waals surface area contributed by atoms with E-state index in [2.05, 4.69) is 5.32 Å². The summed E-state index contributed by atoms with van der Waals surface area (Å²) in [5.41, 5.74) is 1.69. The van der Waals surface area contributed by atoms with Gasteiger partial charge in [0.25, 0.3) is 5.69 Å². The number of benzene rings is 2. The quantitative estimate of drug-likeness (QED) is 0.673. The predicted molar refractivity (Wildman–Crippen MR) is 81.5 cm³/mol. The fourth-order valence-corrected chi connectivity index (χ4v) is 2.02. The van der Waals surface area contributed by atoms with Gasteiger partial charge in [0.15, 0.2) is 0 Å². The molecule has 6 heteroatoms. The van der Waals surface area contributed by atoms with Crippen LogP contribution < -0.4 is 5.32 Å². The number of hydrogen-bond donors (Lipinski definition) is 1. The second-order valence-corrected chi connectivity index (χ2v) is 4.84. The van der Waals surface area contributed by atoms with Crippen molar-refractivity contribution in [1.29, 1.82) is 5.26 Å². The summed E-state index contributed by atoms with van der Waals surface area (Å²) in [5, 5.41) is 23.5. The Balaban J connectivity index is 1.99. The van der Waals surface area contributed by atoms with E-state index in [0.717, 1.165) is 12.0 Å². The van der Waals surface area contributed by atoms with Crippen LogP contribution >= 0.6 is 11.6 Å². The Morgan fingerprint density at radius 3 is 2.57 bits per heavy atom. The third-order valence-electron chi connectivity index (χ3n) is 2.97. The Morgan fingerprint density at radius 2 is 1.95 bits per heavy atom. The molecule has 0 atom stereocenters. The Kier molecular flexibility index (Phi) is 4.75. The average Bonchev–Trinajstić information content (AvgIpc) is 2.49. The van der Waals surface area contributed by atoms with Gasteiger partial charge in [-0.1, -0.05) is 23.7 Å². The van der Waals surface area contributed by atoms with Gasteiger partial charge in [-0.3, -0.25) is 10.1 Å². The summed E-state index contributed by atoms with van der Waals surface area (Å²) in [6.07, 6.45) is 0.788. The van der Waals surface area contributed by atoms with E-state index >= 15 is 0 Å². The van der Waals surface area contributed by atoms with Gasteiger partial charge in [-0.05, 0) is 36.2 Å². The van der Waals surface area contributed by atoms with Gasteiger partial charge in [-0.15, -0.1) is 0 Å². The highest BCUT2D eigenvalue weighted by molar-refractivity contribution is 6.30. The van der Waals surface area contributed by atoms with Crippen LogP contribution in [0.15, 0.2) is 42.5 Å². The number of nitro groups is 1. The normalized spacial score (nSPS) is 9.90. The van der Waals surface area contributed by atoms with E-state index in [-0.39, 0.29) is 11.3 Å². The van der Waals surface area contributed by atoms with Crippen LogP contribution in [0.1, 0.15) is 11.1 Å². The number of nitrogens with zero attached hydrogens (tertiary/aromatic N) is 2. The summed E-state index contributed by atoms with van der Waals surface area (Å²) in [6.45, 7) is 0.657. The minimum atomic E-state index is -0.559. The van der Waals surface area contributed by atoms with Crippen molar-refractivity contribution >= 4 is 23.0 Å². The van der Waals surface area contributed by atoms with Crippen LogP contribution in [0.5, 0.6) is 0 Å². The Bertz CT molecular complexity index is 693. The lowest BCUT2D eigenvalue weighted by Gasteiger charge is -2.07. The maximum atomic E-state index is 10.7. The first-order valence-corrected chi connectivity index (χ1v) is 6.65. The number of halogens is 1. The first kappa shape index (κ1) is 14.8. The van der Waals surface area contributed by atoms with Gasteiger partial charge in [0.1, 0.15) is 11.6 Å². The molecule has 0 saturated carbocycles. The van der Waals surface area contributed by atoms with Gasteiger partial charge in [-0.2, -0.15) is 5.26 Å². The predicted octanol–water partition coefficient (Wildman–Crippen LogP) is 3.77. The lowest BCUT2D eigenvalue weighted by atomic mass is 10.1. The van der Waals surface area contributed by atoms with Crippen molar-refractivity contribution in [3.05, 3.63) is 68.7 Å². The van der Waals surface area contributed by atoms with Gasteiger partial charge in [0, 0.05) is 23.3 Å². The number of rotatable bonds is 5. The summed E-state index contributed by atoms with van der Waals surface area (Å²) in [7, 11) is 0. The lowest BCUT2D eigenvalue weighted by molar-refractivity contribution is -0.385. The lowest BCUT2D eigenvalue weighted by Crippen LogP contribution is -2.05. The van der Waals surface area contributed by atoms with Gasteiger partial charge in [-0.25, -0.2) is 0 Å². The fraction of sp³-hybridized carbons (Fsp3) is 0.133. The minimum absolute atomic E-state index is 0.0523. The van der Waals surface area contributed by atoms with E-state index in [4.69, 9.17) is 16.9 Å². The summed E-state index contributed by atoms with van der Waals surface area (Å²) >= 11 is 5.81. The first-order chi connectivity index (χ1) is 10.1. The Morgan fingerprint density at radius 1 is 1.24 bits per heavy atom. The molecule has 2 rings (SSSR count). The average molecular weight is 302 g/mol. The molecule has 0 aromatic heterocycles. The van der Waals surface area contributed by atoms with Crippen LogP contribution in [0, 0.1) is 21.4 Å². The highest BCUT2D eigenvalue weighted by Gasteiger charge is 2.13. The largest absolute Gasteiger partial charge is 0.385 e. The number of hydrogen-bond acceptors (Lipinski definition) is 4. The molecule has 2 aromatic rings. The SMILES string of the molecule is N#Cc1cc(NCCc2ccc(Cl)cc2)ccc1[N+](=O)[O-]. The van der Waals surface area contributed by atoms with E-state index in [9.17, 15) is 10.1 Å². The van der Waals surface area contributed by atoms with Crippen LogP contribution in [-0.4, -0.2) is 11.5 Å². The summed E-state index contributed by atoms with van der Waals surface area (Å²) in [4.78, 5) is 10.2. The first-order valence-electron chi connectivity index (χ1n) is 6.27. The molecule has 2 aromatic carbocycles. The van der Waals surface area contributed by atoms with E-state index in [1.54, 1.807) is 6.07 Å². The second-order valence-electron chi connectivity index (χ2n) is 4.40. The van der Waals surface area contributed by atoms with Gasteiger partial charge >= 0.3 is 0 Å². The van der Waals surface area contributed by atoms with E-state index in [1.165, 1.54) is 12.1 Å². The van der Waals surface area contributed by atoms with Gasteiger partial charge in [0.05, 0.1) is 4.92 Å². The highest BCUT2D eigenvalue weighted by Crippen LogP contribution is 2.21. The topological polar surface area (TPSA) is 79.0 Å². The third kappa shape index (κ3) is 3.94. The summed E-state index contributed by atoms with van der Waals surface area (Å²) in [6, 6.07) is 13.8. The van der Waals surface area contributed by atoms with Crippen molar-refractivity contribution in [2.45, 2.75) is 6.42 Å². The van der Waals surface area contributed by atoms with Crippen LogP contribution in [-0.2, 0) is 6.42 Å². The zero-order valence-corrected chi connectivity index (χ0v) is 11.8. The zero-order chi connectivity index (χ0) is 15.2. The van der Waals surface area contributed by atoms with Crippen LogP contribution in [0.3, 0.4) is 0 Å². The number of anilines is 1. The maximum absolute atomic E-state index is 10.7. The van der Waals surface area contributed by atoms with E-state index in [1.807, 2.05) is 30.3 Å². The van der Waals surface area contributed by atoms with Crippen molar-refractivity contribution in [2.75, 3.05) is 11.9 Å². The second kappa shape index (κ2) is 6.73. The van der Waals surface area contributed by atoms with E-state index in [0.29, 0.717) is 17.3 Å². The van der Waals surface area contributed by atoms with E-state index < -0.39 is 4.92 Å². The molecule has 0 aliphatic heterocycles. The van der Waals surface area contributed by atoms with Crippen molar-refractivity contribution < 1.29 is 4.92 Å². The molecule has 5 nitrogen and oxygen atoms in total. The maximum Gasteiger partial charge on any atom is 0.287 e. The van der Waals surface area contributed by atoms with Crippen molar-refractivity contribution in [3.63, 3.8) is 0 Å². The molecule has 0 bridgehead atoms. The Labute approximate surface area is 126 Å². The number of nitro benzene ring substituents is 1. The van der Waals surface area contributed by atoms with Crippen LogP contribution in [0.4, 0.5) is 11.4 Å².